The van der Waals surface area contributed by atoms with E-state index in [1.54, 1.807) is 0 Å². The topological polar surface area (TPSA) is 69.7 Å². The molecule has 158 valence electrons. The minimum Gasteiger partial charge on any atom is -0.469 e. The highest BCUT2D eigenvalue weighted by molar-refractivity contribution is 5.77. The SMILES string of the molecule is COC(=O)C[C@H]1CC[C@@]2(C)C(CCC3C2CC[C@](C)(C(=O)OC)[C@H]3CC=O)C1. The number of methoxy groups -OCH3 is 2. The van der Waals surface area contributed by atoms with Crippen LogP contribution in [0.15, 0.2) is 0 Å². The number of hydrogen-bond acceptors (Lipinski definition) is 5. The quantitative estimate of drug-likeness (QED) is 0.519. The van der Waals surface area contributed by atoms with Crippen LogP contribution in [0.1, 0.15) is 71.6 Å². The second kappa shape index (κ2) is 8.16. The number of esters is 2. The van der Waals surface area contributed by atoms with Crippen LogP contribution in [-0.2, 0) is 23.9 Å². The molecule has 0 radical (unpaired) electrons. The Labute approximate surface area is 168 Å². The Kier molecular flexibility index (Phi) is 6.21. The summed E-state index contributed by atoms with van der Waals surface area (Å²) in [6, 6.07) is 0. The minimum atomic E-state index is -0.553. The number of carbonyl (C=O) groups excluding carboxylic acids is 3. The number of rotatable bonds is 5. The standard InChI is InChI=1S/C23H36O5/c1-22-10-7-15(14-20(25)27-3)13-16(22)5-6-17-18(22)8-11-23(2,21(26)28-4)19(17)9-12-24/h12,15-19H,5-11,13-14H2,1-4H3/t15-,16?,17?,18?,19-,22-,23-/m0/s1. The molecule has 0 aliphatic heterocycles. The second-order valence-corrected chi connectivity index (χ2v) is 9.93. The van der Waals surface area contributed by atoms with Gasteiger partial charge in [-0.1, -0.05) is 6.92 Å². The summed E-state index contributed by atoms with van der Waals surface area (Å²) in [6.45, 7) is 4.44. The largest absolute Gasteiger partial charge is 0.469 e. The summed E-state index contributed by atoms with van der Waals surface area (Å²) >= 11 is 0. The van der Waals surface area contributed by atoms with Crippen LogP contribution >= 0.6 is 0 Å². The van der Waals surface area contributed by atoms with Crippen molar-refractivity contribution in [2.75, 3.05) is 14.2 Å². The molecule has 0 saturated heterocycles. The van der Waals surface area contributed by atoms with Gasteiger partial charge in [0.25, 0.3) is 0 Å². The van der Waals surface area contributed by atoms with Crippen molar-refractivity contribution in [2.45, 2.75) is 71.6 Å². The molecule has 5 nitrogen and oxygen atoms in total. The molecule has 3 aliphatic carbocycles. The smallest absolute Gasteiger partial charge is 0.311 e. The van der Waals surface area contributed by atoms with Gasteiger partial charge in [-0.25, -0.2) is 0 Å². The first-order chi connectivity index (χ1) is 13.3. The third-order valence-electron chi connectivity index (χ3n) is 8.85. The van der Waals surface area contributed by atoms with Crippen LogP contribution in [0.25, 0.3) is 0 Å². The van der Waals surface area contributed by atoms with Crippen LogP contribution in [0.2, 0.25) is 0 Å². The molecule has 5 heteroatoms. The number of carbonyl (C=O) groups is 3. The van der Waals surface area contributed by atoms with Crippen molar-refractivity contribution in [1.82, 2.24) is 0 Å². The van der Waals surface area contributed by atoms with Gasteiger partial charge in [-0.2, -0.15) is 0 Å². The molecule has 3 rings (SSSR count). The summed E-state index contributed by atoms with van der Waals surface area (Å²) in [5, 5.41) is 0. The summed E-state index contributed by atoms with van der Waals surface area (Å²) in [7, 11) is 2.92. The first-order valence-electron chi connectivity index (χ1n) is 10.9. The van der Waals surface area contributed by atoms with E-state index in [1.165, 1.54) is 14.2 Å². The minimum absolute atomic E-state index is 0.0711. The Morgan fingerprint density at radius 1 is 1.04 bits per heavy atom. The number of aldehydes is 1. The van der Waals surface area contributed by atoms with Gasteiger partial charge < -0.3 is 14.3 Å². The van der Waals surface area contributed by atoms with Crippen molar-refractivity contribution >= 4 is 18.2 Å². The van der Waals surface area contributed by atoms with Gasteiger partial charge in [0.05, 0.1) is 19.6 Å². The van der Waals surface area contributed by atoms with E-state index in [9.17, 15) is 14.4 Å². The van der Waals surface area contributed by atoms with Crippen LogP contribution in [-0.4, -0.2) is 32.4 Å². The van der Waals surface area contributed by atoms with Crippen LogP contribution in [0.3, 0.4) is 0 Å². The molecule has 0 bridgehead atoms. The van der Waals surface area contributed by atoms with Crippen molar-refractivity contribution in [3.05, 3.63) is 0 Å². The number of fused-ring (bicyclic) bond motifs is 3. The van der Waals surface area contributed by atoms with Crippen LogP contribution in [0, 0.1) is 40.4 Å². The Bertz CT molecular complexity index is 616. The highest BCUT2D eigenvalue weighted by Crippen LogP contribution is 2.64. The zero-order valence-corrected chi connectivity index (χ0v) is 17.9. The van der Waals surface area contributed by atoms with Crippen molar-refractivity contribution in [3.8, 4) is 0 Å². The summed E-state index contributed by atoms with van der Waals surface area (Å²) in [4.78, 5) is 35.8. The van der Waals surface area contributed by atoms with Gasteiger partial charge in [-0.05, 0) is 86.9 Å². The molecule has 0 N–H and O–H groups in total. The molecule has 0 spiro atoms. The van der Waals surface area contributed by atoms with Gasteiger partial charge in [-0.3, -0.25) is 9.59 Å². The van der Waals surface area contributed by atoms with Crippen molar-refractivity contribution < 1.29 is 23.9 Å². The molecule has 0 amide bonds. The molecule has 28 heavy (non-hydrogen) atoms. The van der Waals surface area contributed by atoms with Gasteiger partial charge in [0.2, 0.25) is 0 Å². The van der Waals surface area contributed by atoms with Crippen LogP contribution in [0.4, 0.5) is 0 Å². The molecular formula is C23H36O5. The normalized spacial score (nSPS) is 42.6. The summed E-state index contributed by atoms with van der Waals surface area (Å²) in [5.74, 6) is 1.82. The first kappa shape index (κ1) is 21.3. The zero-order valence-electron chi connectivity index (χ0n) is 17.9. The molecule has 0 heterocycles. The van der Waals surface area contributed by atoms with Crippen LogP contribution in [0.5, 0.6) is 0 Å². The lowest BCUT2D eigenvalue weighted by molar-refractivity contribution is -0.172. The van der Waals surface area contributed by atoms with Gasteiger partial charge in [0.1, 0.15) is 6.29 Å². The predicted molar refractivity (Wildman–Crippen MR) is 105 cm³/mol. The maximum absolute atomic E-state index is 12.6. The Hall–Kier alpha value is -1.39. The van der Waals surface area contributed by atoms with Gasteiger partial charge in [0.15, 0.2) is 0 Å². The van der Waals surface area contributed by atoms with Crippen molar-refractivity contribution in [1.29, 1.82) is 0 Å². The summed E-state index contributed by atoms with van der Waals surface area (Å²) in [6.07, 6.45) is 9.29. The highest BCUT2D eigenvalue weighted by Gasteiger charge is 2.59. The lowest BCUT2D eigenvalue weighted by Gasteiger charge is -2.60. The van der Waals surface area contributed by atoms with E-state index in [4.69, 9.17) is 9.47 Å². The fraction of sp³-hybridized carbons (Fsp3) is 0.870. The number of ether oxygens (including phenoxy) is 2. The molecule has 3 aliphatic rings. The van der Waals surface area contributed by atoms with E-state index in [0.29, 0.717) is 36.5 Å². The average Bonchev–Trinajstić information content (AvgIpc) is 2.69. The molecule has 3 saturated carbocycles. The number of hydrogen-bond donors (Lipinski definition) is 0. The average molecular weight is 393 g/mol. The third kappa shape index (κ3) is 3.50. The van der Waals surface area contributed by atoms with Gasteiger partial charge in [-0.15, -0.1) is 0 Å². The lowest BCUT2D eigenvalue weighted by Crippen LogP contribution is -2.55. The van der Waals surface area contributed by atoms with E-state index in [-0.39, 0.29) is 23.3 Å². The summed E-state index contributed by atoms with van der Waals surface area (Å²) in [5.41, 5.74) is -0.309. The fourth-order valence-corrected chi connectivity index (χ4v) is 7.20. The van der Waals surface area contributed by atoms with E-state index < -0.39 is 5.41 Å². The third-order valence-corrected chi connectivity index (χ3v) is 8.85. The molecule has 3 unspecified atom stereocenters. The molecule has 7 atom stereocenters. The second-order valence-electron chi connectivity index (χ2n) is 9.93. The Morgan fingerprint density at radius 2 is 1.79 bits per heavy atom. The Morgan fingerprint density at radius 3 is 2.43 bits per heavy atom. The van der Waals surface area contributed by atoms with Crippen molar-refractivity contribution in [2.24, 2.45) is 40.4 Å². The first-order valence-corrected chi connectivity index (χ1v) is 10.9. The molecule has 3 fully saturated rings. The molecular weight excluding hydrogens is 356 g/mol. The zero-order chi connectivity index (χ0) is 20.5. The van der Waals surface area contributed by atoms with Gasteiger partial charge >= 0.3 is 11.9 Å². The predicted octanol–water partition coefficient (Wildman–Crippen LogP) is 4.18. The van der Waals surface area contributed by atoms with Crippen molar-refractivity contribution in [3.63, 3.8) is 0 Å². The summed E-state index contributed by atoms with van der Waals surface area (Å²) < 4.78 is 10.0. The van der Waals surface area contributed by atoms with E-state index >= 15 is 0 Å². The highest BCUT2D eigenvalue weighted by atomic mass is 16.5. The van der Waals surface area contributed by atoms with E-state index in [1.807, 2.05) is 6.92 Å². The fourth-order valence-electron chi connectivity index (χ4n) is 7.20. The monoisotopic (exact) mass is 392 g/mol. The molecule has 0 aromatic rings. The molecule has 0 aromatic heterocycles. The Balaban J connectivity index is 1.80. The van der Waals surface area contributed by atoms with Gasteiger partial charge in [0, 0.05) is 12.8 Å². The molecule has 0 aromatic carbocycles. The van der Waals surface area contributed by atoms with E-state index in [0.717, 1.165) is 51.2 Å². The maximum atomic E-state index is 12.6. The maximum Gasteiger partial charge on any atom is 0.311 e. The van der Waals surface area contributed by atoms with E-state index in [2.05, 4.69) is 6.92 Å². The van der Waals surface area contributed by atoms with Crippen LogP contribution < -0.4 is 0 Å². The lowest BCUT2D eigenvalue weighted by atomic mass is 9.44.